The summed E-state index contributed by atoms with van der Waals surface area (Å²) >= 11 is 5.83. The molecule has 0 radical (unpaired) electrons. The van der Waals surface area contributed by atoms with Crippen LogP contribution in [0.25, 0.3) is 5.69 Å². The Bertz CT molecular complexity index is 1090. The summed E-state index contributed by atoms with van der Waals surface area (Å²) in [5.74, 6) is 2.19. The molecule has 3 aromatic rings. The molecule has 0 bridgehead atoms. The van der Waals surface area contributed by atoms with Crippen molar-refractivity contribution in [2.75, 3.05) is 13.1 Å². The molecule has 0 saturated carbocycles. The van der Waals surface area contributed by atoms with Crippen molar-refractivity contribution in [2.45, 2.75) is 20.0 Å². The lowest BCUT2D eigenvalue weighted by molar-refractivity contribution is 0.257. The zero-order valence-electron chi connectivity index (χ0n) is 16.6. The number of hydrogen-bond donors (Lipinski definition) is 0. The van der Waals surface area contributed by atoms with E-state index >= 15 is 0 Å². The highest BCUT2D eigenvalue weighted by Crippen LogP contribution is 2.22. The molecule has 1 aromatic carbocycles. The highest BCUT2D eigenvalue weighted by atomic mass is 35.5. The number of pyridine rings is 2. The fraction of sp³-hybridized carbons (Fsp3) is 0.217. The fourth-order valence-electron chi connectivity index (χ4n) is 3.11. The normalized spacial score (nSPS) is 12.9. The molecular formula is C23H22ClN3O3. The van der Waals surface area contributed by atoms with Gasteiger partial charge in [-0.25, -0.2) is 0 Å². The van der Waals surface area contributed by atoms with Gasteiger partial charge in [-0.1, -0.05) is 18.5 Å². The summed E-state index contributed by atoms with van der Waals surface area (Å²) in [6.45, 7) is 4.30. The topological polar surface area (TPSA) is 56.6 Å². The first-order valence-electron chi connectivity index (χ1n) is 9.79. The van der Waals surface area contributed by atoms with E-state index in [2.05, 4.69) is 16.8 Å². The van der Waals surface area contributed by atoms with Gasteiger partial charge >= 0.3 is 0 Å². The minimum atomic E-state index is -0.179. The van der Waals surface area contributed by atoms with Gasteiger partial charge in [0, 0.05) is 36.9 Å². The standard InChI is InChI=1S/C23H22ClN3O3/c1-2-10-26-14-22(15-26)30-20-7-5-19(6-8-20)27-11-9-21(12-23(27)28)29-16-18-4-3-17(24)13-25-18/h3-9,11-14H,2,10,15-16H2,1H3. The molecule has 0 spiro atoms. The van der Waals surface area contributed by atoms with Crippen molar-refractivity contribution in [3.63, 3.8) is 0 Å². The molecule has 0 N–H and O–H groups in total. The van der Waals surface area contributed by atoms with E-state index in [9.17, 15) is 4.79 Å². The lowest BCUT2D eigenvalue weighted by Gasteiger charge is -2.30. The Kier molecular flexibility index (Phi) is 6.05. The van der Waals surface area contributed by atoms with Gasteiger partial charge in [-0.2, -0.15) is 0 Å². The molecule has 3 heterocycles. The van der Waals surface area contributed by atoms with E-state index < -0.39 is 0 Å². The third-order valence-electron chi connectivity index (χ3n) is 4.63. The molecule has 7 heteroatoms. The van der Waals surface area contributed by atoms with Crippen LogP contribution in [0.2, 0.25) is 5.02 Å². The monoisotopic (exact) mass is 423 g/mol. The quantitative estimate of drug-likeness (QED) is 0.537. The summed E-state index contributed by atoms with van der Waals surface area (Å²) in [5, 5.41) is 0.570. The van der Waals surface area contributed by atoms with Crippen molar-refractivity contribution in [1.82, 2.24) is 14.5 Å². The Morgan fingerprint density at radius 2 is 1.90 bits per heavy atom. The fourth-order valence-corrected chi connectivity index (χ4v) is 3.22. The van der Waals surface area contributed by atoms with Crippen molar-refractivity contribution < 1.29 is 9.47 Å². The second-order valence-electron chi connectivity index (χ2n) is 6.99. The van der Waals surface area contributed by atoms with E-state index in [1.807, 2.05) is 30.5 Å². The third kappa shape index (κ3) is 4.83. The Labute approximate surface area is 180 Å². The summed E-state index contributed by atoms with van der Waals surface area (Å²) < 4.78 is 13.1. The Morgan fingerprint density at radius 1 is 1.10 bits per heavy atom. The first kappa shape index (κ1) is 20.0. The first-order chi connectivity index (χ1) is 14.6. The second kappa shape index (κ2) is 9.05. The van der Waals surface area contributed by atoms with Crippen molar-refractivity contribution in [2.24, 2.45) is 0 Å². The maximum absolute atomic E-state index is 12.5. The molecule has 6 nitrogen and oxygen atoms in total. The maximum Gasteiger partial charge on any atom is 0.258 e. The van der Waals surface area contributed by atoms with Crippen molar-refractivity contribution in [1.29, 1.82) is 0 Å². The number of halogens is 1. The van der Waals surface area contributed by atoms with Gasteiger partial charge in [0.05, 0.1) is 17.3 Å². The lowest BCUT2D eigenvalue weighted by Crippen LogP contribution is -2.32. The minimum absolute atomic E-state index is 0.179. The van der Waals surface area contributed by atoms with E-state index in [4.69, 9.17) is 21.1 Å². The third-order valence-corrected chi connectivity index (χ3v) is 4.85. The van der Waals surface area contributed by atoms with Crippen LogP contribution in [0.15, 0.2) is 77.7 Å². The Balaban J connectivity index is 1.38. The van der Waals surface area contributed by atoms with E-state index in [0.29, 0.717) is 10.8 Å². The van der Waals surface area contributed by atoms with Crippen LogP contribution in [-0.4, -0.2) is 27.5 Å². The van der Waals surface area contributed by atoms with E-state index in [-0.39, 0.29) is 12.2 Å². The average Bonchev–Trinajstić information content (AvgIpc) is 2.73. The van der Waals surface area contributed by atoms with Crippen LogP contribution >= 0.6 is 11.6 Å². The molecule has 0 unspecified atom stereocenters. The van der Waals surface area contributed by atoms with Gasteiger partial charge in [-0.3, -0.25) is 14.3 Å². The largest absolute Gasteiger partial charge is 0.487 e. The molecule has 2 aromatic heterocycles. The summed E-state index contributed by atoms with van der Waals surface area (Å²) in [5.41, 5.74) is 1.31. The van der Waals surface area contributed by atoms with Crippen LogP contribution in [-0.2, 0) is 6.61 Å². The molecule has 1 aliphatic heterocycles. The Morgan fingerprint density at radius 3 is 2.57 bits per heavy atom. The van der Waals surface area contributed by atoms with E-state index in [0.717, 1.165) is 42.4 Å². The number of rotatable bonds is 8. The molecule has 4 rings (SSSR count). The van der Waals surface area contributed by atoms with Gasteiger partial charge in [-0.15, -0.1) is 0 Å². The van der Waals surface area contributed by atoms with Crippen LogP contribution in [0.4, 0.5) is 0 Å². The molecular weight excluding hydrogens is 402 g/mol. The van der Waals surface area contributed by atoms with Gasteiger partial charge in [0.25, 0.3) is 5.56 Å². The summed E-state index contributed by atoms with van der Waals surface area (Å²) in [7, 11) is 0. The highest BCUT2D eigenvalue weighted by Gasteiger charge is 2.16. The Hall–Kier alpha value is -3.25. The number of ether oxygens (including phenoxy) is 2. The molecule has 0 fully saturated rings. The SMILES string of the molecule is CCCN1C=C(Oc2ccc(-n3ccc(OCc4ccc(Cl)cn4)cc3=O)cc2)C1. The van der Waals surface area contributed by atoms with Crippen LogP contribution < -0.4 is 15.0 Å². The molecule has 0 saturated heterocycles. The average molecular weight is 424 g/mol. The number of hydrogen-bond acceptors (Lipinski definition) is 5. The van der Waals surface area contributed by atoms with Crippen LogP contribution in [0.5, 0.6) is 11.5 Å². The lowest BCUT2D eigenvalue weighted by atomic mass is 10.2. The van der Waals surface area contributed by atoms with Crippen molar-refractivity contribution in [3.8, 4) is 17.2 Å². The van der Waals surface area contributed by atoms with Gasteiger partial charge in [0.1, 0.15) is 23.9 Å². The van der Waals surface area contributed by atoms with E-state index in [1.165, 1.54) is 6.07 Å². The molecule has 154 valence electrons. The van der Waals surface area contributed by atoms with Crippen molar-refractivity contribution >= 4 is 11.6 Å². The summed E-state index contributed by atoms with van der Waals surface area (Å²) in [4.78, 5) is 18.9. The smallest absolute Gasteiger partial charge is 0.258 e. The molecule has 1 aliphatic rings. The number of benzene rings is 1. The van der Waals surface area contributed by atoms with E-state index in [1.54, 1.807) is 35.2 Å². The van der Waals surface area contributed by atoms with Gasteiger partial charge < -0.3 is 14.4 Å². The van der Waals surface area contributed by atoms with Gasteiger partial charge in [-0.05, 0) is 48.9 Å². The van der Waals surface area contributed by atoms with Crippen LogP contribution in [0.1, 0.15) is 19.0 Å². The molecule has 0 atom stereocenters. The minimum Gasteiger partial charge on any atom is -0.487 e. The van der Waals surface area contributed by atoms with Crippen LogP contribution in [0, 0.1) is 0 Å². The van der Waals surface area contributed by atoms with Gasteiger partial charge in [0.15, 0.2) is 0 Å². The predicted molar refractivity (Wildman–Crippen MR) is 116 cm³/mol. The van der Waals surface area contributed by atoms with Gasteiger partial charge in [0.2, 0.25) is 0 Å². The zero-order valence-corrected chi connectivity index (χ0v) is 17.4. The zero-order chi connectivity index (χ0) is 20.9. The van der Waals surface area contributed by atoms with Crippen LogP contribution in [0.3, 0.4) is 0 Å². The second-order valence-corrected chi connectivity index (χ2v) is 7.43. The number of nitrogens with zero attached hydrogens (tertiary/aromatic N) is 3. The summed E-state index contributed by atoms with van der Waals surface area (Å²) in [6.07, 6.45) is 6.41. The van der Waals surface area contributed by atoms with Crippen molar-refractivity contribution in [3.05, 3.63) is 94.0 Å². The predicted octanol–water partition coefficient (Wildman–Crippen LogP) is 4.41. The molecule has 0 amide bonds. The maximum atomic E-state index is 12.5. The first-order valence-corrected chi connectivity index (χ1v) is 10.2. The molecule has 0 aliphatic carbocycles. The number of aromatic nitrogens is 2. The molecule has 30 heavy (non-hydrogen) atoms. The summed E-state index contributed by atoms with van der Waals surface area (Å²) in [6, 6.07) is 14.2. The highest BCUT2D eigenvalue weighted by molar-refractivity contribution is 6.30.